The molecular formula is C33H41N5O3. The Hall–Kier alpha value is -4.07. The number of aliphatic imine (C=N–C) groups is 1. The Morgan fingerprint density at radius 1 is 0.951 bits per heavy atom. The topological polar surface area (TPSA) is 109 Å². The second-order valence-electron chi connectivity index (χ2n) is 12.2. The Morgan fingerprint density at radius 2 is 1.63 bits per heavy atom. The van der Waals surface area contributed by atoms with Gasteiger partial charge < -0.3 is 26.0 Å². The molecule has 4 N–H and O–H groups in total. The maximum atomic E-state index is 13.8. The minimum atomic E-state index is -0.525. The van der Waals surface area contributed by atoms with Gasteiger partial charge in [-0.3, -0.25) is 9.79 Å². The highest BCUT2D eigenvalue weighted by Gasteiger charge is 2.36. The summed E-state index contributed by atoms with van der Waals surface area (Å²) in [6.45, 7) is 6.18. The fourth-order valence-corrected chi connectivity index (χ4v) is 5.90. The molecule has 1 aliphatic carbocycles. The van der Waals surface area contributed by atoms with Gasteiger partial charge in [0.1, 0.15) is 17.5 Å². The maximum absolute atomic E-state index is 13.8. The average molecular weight is 556 g/mol. The van der Waals surface area contributed by atoms with E-state index in [1.54, 1.807) is 7.05 Å². The number of hydrogen-bond acceptors (Lipinski definition) is 5. The summed E-state index contributed by atoms with van der Waals surface area (Å²) in [7, 11) is 1.68. The predicted molar refractivity (Wildman–Crippen MR) is 164 cm³/mol. The van der Waals surface area contributed by atoms with E-state index < -0.39 is 5.60 Å². The molecule has 0 bridgehead atoms. The molecule has 8 nitrogen and oxygen atoms in total. The molecule has 2 amide bonds. The van der Waals surface area contributed by atoms with Crippen LogP contribution in [0, 0.1) is 0 Å². The van der Waals surface area contributed by atoms with Crippen LogP contribution in [0.25, 0.3) is 10.8 Å². The maximum Gasteiger partial charge on any atom is 0.407 e. The average Bonchev–Trinajstić information content (AvgIpc) is 3.30. The fraction of sp³-hybridized carbons (Fsp3) is 0.424. The number of nitrogens with one attached hydrogen (secondary N) is 2. The van der Waals surface area contributed by atoms with Crippen LogP contribution in [0.4, 0.5) is 10.5 Å². The van der Waals surface area contributed by atoms with Crippen molar-refractivity contribution in [3.05, 3.63) is 77.4 Å². The summed E-state index contributed by atoms with van der Waals surface area (Å²) in [6, 6.07) is 20.7. The van der Waals surface area contributed by atoms with Crippen molar-refractivity contribution in [3.63, 3.8) is 0 Å². The number of amidine groups is 1. The summed E-state index contributed by atoms with van der Waals surface area (Å²) >= 11 is 0. The van der Waals surface area contributed by atoms with Crippen LogP contribution in [0.5, 0.6) is 0 Å². The van der Waals surface area contributed by atoms with Gasteiger partial charge in [-0.1, -0.05) is 48.5 Å². The van der Waals surface area contributed by atoms with Crippen molar-refractivity contribution >= 4 is 34.3 Å². The Labute approximate surface area is 242 Å². The van der Waals surface area contributed by atoms with E-state index in [-0.39, 0.29) is 30.1 Å². The predicted octanol–water partition coefficient (Wildman–Crippen LogP) is 5.06. The molecule has 5 rings (SSSR count). The van der Waals surface area contributed by atoms with E-state index in [4.69, 9.17) is 10.5 Å². The third-order valence-corrected chi connectivity index (χ3v) is 7.98. The normalized spacial score (nSPS) is 20.9. The van der Waals surface area contributed by atoms with Crippen LogP contribution >= 0.6 is 0 Å². The number of anilines is 1. The van der Waals surface area contributed by atoms with Gasteiger partial charge in [-0.15, -0.1) is 0 Å². The van der Waals surface area contributed by atoms with Crippen molar-refractivity contribution in [2.45, 2.75) is 83.1 Å². The zero-order valence-corrected chi connectivity index (χ0v) is 24.4. The highest BCUT2D eigenvalue weighted by atomic mass is 16.6. The molecule has 41 heavy (non-hydrogen) atoms. The minimum absolute atomic E-state index is 0.0317. The summed E-state index contributed by atoms with van der Waals surface area (Å²) in [6.07, 6.45) is 3.47. The monoisotopic (exact) mass is 555 g/mol. The van der Waals surface area contributed by atoms with Gasteiger partial charge in [-0.05, 0) is 80.5 Å². The van der Waals surface area contributed by atoms with Gasteiger partial charge in [0.05, 0.1) is 0 Å². The van der Waals surface area contributed by atoms with Crippen molar-refractivity contribution in [1.82, 2.24) is 10.6 Å². The first-order valence-corrected chi connectivity index (χ1v) is 14.5. The Balaban J connectivity index is 1.30. The van der Waals surface area contributed by atoms with Crippen molar-refractivity contribution in [2.75, 3.05) is 11.9 Å². The Morgan fingerprint density at radius 3 is 2.32 bits per heavy atom. The third kappa shape index (κ3) is 6.81. The molecule has 3 aromatic carbocycles. The largest absolute Gasteiger partial charge is 0.444 e. The molecule has 0 aromatic heterocycles. The smallest absolute Gasteiger partial charge is 0.407 e. The summed E-state index contributed by atoms with van der Waals surface area (Å²) in [5.74, 6) is 0.507. The van der Waals surface area contributed by atoms with Crippen LogP contribution in [0.15, 0.2) is 65.7 Å². The number of amides is 2. The van der Waals surface area contributed by atoms with E-state index in [9.17, 15) is 9.59 Å². The molecule has 0 spiro atoms. The zero-order valence-electron chi connectivity index (χ0n) is 24.4. The molecule has 3 aromatic rings. The van der Waals surface area contributed by atoms with Crippen LogP contribution in [0.1, 0.15) is 63.1 Å². The van der Waals surface area contributed by atoms with Crippen LogP contribution in [0.3, 0.4) is 0 Å². The first-order chi connectivity index (χ1) is 19.6. The Bertz CT molecular complexity index is 1450. The summed E-state index contributed by atoms with van der Waals surface area (Å²) in [5, 5.41) is 8.68. The first-order valence-electron chi connectivity index (χ1n) is 14.5. The number of alkyl carbamates (subject to hydrolysis) is 1. The van der Waals surface area contributed by atoms with Crippen molar-refractivity contribution < 1.29 is 14.3 Å². The molecule has 2 aliphatic rings. The lowest BCUT2D eigenvalue weighted by atomic mass is 9.91. The van der Waals surface area contributed by atoms with E-state index >= 15 is 0 Å². The number of nitrogens with two attached hydrogens (primary N) is 1. The van der Waals surface area contributed by atoms with E-state index in [1.807, 2.05) is 39.0 Å². The molecule has 216 valence electrons. The fourth-order valence-electron chi connectivity index (χ4n) is 5.90. The molecule has 1 fully saturated rings. The number of carbonyl (C=O) groups excluding carboxylic acids is 2. The van der Waals surface area contributed by atoms with Gasteiger partial charge in [0, 0.05) is 43.3 Å². The second kappa shape index (κ2) is 11.8. The highest BCUT2D eigenvalue weighted by Crippen LogP contribution is 2.35. The van der Waals surface area contributed by atoms with Gasteiger partial charge in [0.15, 0.2) is 0 Å². The SMILES string of the molecule is CN=C(N)c1ccc2c(c1)N(Cc1ccc3ccccc3c1)C(C(=O)NC1CCC(NC(=O)OC(C)(C)C)CC1)C2. The number of nitrogens with zero attached hydrogens (tertiary/aromatic N) is 2. The number of hydrogen-bond donors (Lipinski definition) is 3. The lowest BCUT2D eigenvalue weighted by molar-refractivity contribution is -0.123. The van der Waals surface area contributed by atoms with E-state index in [2.05, 4.69) is 63.0 Å². The Kier molecular flexibility index (Phi) is 8.20. The lowest BCUT2D eigenvalue weighted by Crippen LogP contribution is -2.50. The van der Waals surface area contributed by atoms with Crippen molar-refractivity contribution in [1.29, 1.82) is 0 Å². The number of rotatable bonds is 6. The number of ether oxygens (including phenoxy) is 1. The van der Waals surface area contributed by atoms with Crippen LogP contribution in [-0.4, -0.2) is 48.6 Å². The van der Waals surface area contributed by atoms with Crippen molar-refractivity contribution in [2.24, 2.45) is 10.7 Å². The molecule has 0 radical (unpaired) electrons. The van der Waals surface area contributed by atoms with Crippen molar-refractivity contribution in [3.8, 4) is 0 Å². The summed E-state index contributed by atoms with van der Waals surface area (Å²) < 4.78 is 5.40. The van der Waals surface area contributed by atoms with Gasteiger partial charge in [0.2, 0.25) is 5.91 Å². The van der Waals surface area contributed by atoms with Crippen LogP contribution in [-0.2, 0) is 22.5 Å². The third-order valence-electron chi connectivity index (χ3n) is 7.98. The van der Waals surface area contributed by atoms with Gasteiger partial charge in [-0.2, -0.15) is 0 Å². The summed E-state index contributed by atoms with van der Waals surface area (Å²) in [5.41, 5.74) is 9.78. The molecule has 1 unspecified atom stereocenters. The standard InChI is InChI=1S/C33H41N5O3/c1-33(2,3)41-32(40)37-27-15-13-26(14-16-27)36-31(39)29-18-24-11-12-25(30(34)35-4)19-28(24)38(29)20-21-9-10-22-7-5-6-8-23(22)17-21/h5-12,17,19,26-27,29H,13-16,18,20H2,1-4H3,(H2,34,35)(H,36,39)(H,37,40). The molecule has 0 saturated heterocycles. The zero-order chi connectivity index (χ0) is 29.1. The first kappa shape index (κ1) is 28.5. The van der Waals surface area contributed by atoms with Crippen LogP contribution in [0.2, 0.25) is 0 Å². The number of fused-ring (bicyclic) bond motifs is 2. The highest BCUT2D eigenvalue weighted by molar-refractivity contribution is 5.99. The molecule has 8 heteroatoms. The lowest BCUT2D eigenvalue weighted by Gasteiger charge is -2.33. The number of benzene rings is 3. The van der Waals surface area contributed by atoms with E-state index in [0.717, 1.165) is 48.1 Å². The van der Waals surface area contributed by atoms with Crippen LogP contribution < -0.4 is 21.3 Å². The van der Waals surface area contributed by atoms with Gasteiger partial charge in [0.25, 0.3) is 0 Å². The molecule has 1 saturated carbocycles. The second-order valence-corrected chi connectivity index (χ2v) is 12.2. The van der Waals surface area contributed by atoms with Gasteiger partial charge >= 0.3 is 6.09 Å². The molecule has 1 atom stereocenters. The quantitative estimate of drug-likeness (QED) is 0.291. The minimum Gasteiger partial charge on any atom is -0.444 e. The van der Waals surface area contributed by atoms with E-state index in [0.29, 0.717) is 18.8 Å². The number of carbonyl (C=O) groups is 2. The molecular weight excluding hydrogens is 514 g/mol. The van der Waals surface area contributed by atoms with E-state index in [1.165, 1.54) is 10.8 Å². The molecule has 1 aliphatic heterocycles. The van der Waals surface area contributed by atoms with Gasteiger partial charge in [-0.25, -0.2) is 4.79 Å². The summed E-state index contributed by atoms with van der Waals surface area (Å²) in [4.78, 5) is 32.4. The molecule has 1 heterocycles.